The number of halogens is 1. The highest BCUT2D eigenvalue weighted by Gasteiger charge is 2.26. The monoisotopic (exact) mass is 498 g/mol. The maximum atomic E-state index is 15.6. The number of aromatic nitrogens is 1. The van der Waals surface area contributed by atoms with Gasteiger partial charge in [0.15, 0.2) is 5.82 Å². The largest absolute Gasteiger partial charge is 0.496 e. The fraction of sp³-hybridized carbons (Fsp3) is 0.267. The smallest absolute Gasteiger partial charge is 0.270 e. The Balaban J connectivity index is 0.00000336. The number of H-pyrrole nitrogens is 1. The number of carbonyl (C=O) groups is 1. The van der Waals surface area contributed by atoms with Gasteiger partial charge in [0.25, 0.3) is 5.91 Å². The minimum absolute atomic E-state index is 0. The molecule has 0 aliphatic carbocycles. The quantitative estimate of drug-likeness (QED) is 0.356. The number of piperazine rings is 1. The summed E-state index contributed by atoms with van der Waals surface area (Å²) in [7, 11) is 1.61. The van der Waals surface area contributed by atoms with E-state index in [0.29, 0.717) is 59.7 Å². The molecule has 3 aromatic carbocycles. The molecule has 0 saturated carbocycles. The third kappa shape index (κ3) is 4.40. The molecular weight excluding hydrogens is 467 g/mol. The Bertz CT molecular complexity index is 1520. The number of hydrogen-bond donors (Lipinski definition) is 1. The highest BCUT2D eigenvalue weighted by atomic mass is 19.1. The zero-order chi connectivity index (χ0) is 26.1. The first-order valence-electron chi connectivity index (χ1n) is 12.4. The average molecular weight is 499 g/mol. The van der Waals surface area contributed by atoms with Gasteiger partial charge in [0, 0.05) is 38.6 Å². The lowest BCUT2D eigenvalue weighted by molar-refractivity contribution is 0.0742. The molecule has 0 unspecified atom stereocenters. The summed E-state index contributed by atoms with van der Waals surface area (Å²) in [6.45, 7) is 6.15. The van der Waals surface area contributed by atoms with E-state index in [0.717, 1.165) is 16.8 Å². The van der Waals surface area contributed by atoms with Crippen molar-refractivity contribution in [3.8, 4) is 22.9 Å². The first-order valence-corrected chi connectivity index (χ1v) is 12.4. The van der Waals surface area contributed by atoms with Crippen LogP contribution < -0.4 is 9.64 Å². The van der Waals surface area contributed by atoms with Crippen molar-refractivity contribution in [2.24, 2.45) is 0 Å². The van der Waals surface area contributed by atoms with Crippen LogP contribution in [0.5, 0.6) is 5.75 Å². The molecule has 1 aromatic heterocycles. The van der Waals surface area contributed by atoms with Crippen LogP contribution in [0.25, 0.3) is 22.0 Å². The van der Waals surface area contributed by atoms with E-state index in [1.165, 1.54) is 0 Å². The van der Waals surface area contributed by atoms with Crippen molar-refractivity contribution in [1.29, 1.82) is 5.26 Å². The zero-order valence-electron chi connectivity index (χ0n) is 21.2. The van der Waals surface area contributed by atoms with Gasteiger partial charge in [-0.25, -0.2) is 4.39 Å². The van der Waals surface area contributed by atoms with Crippen molar-refractivity contribution in [1.82, 2.24) is 9.88 Å². The molecule has 190 valence electrons. The maximum absolute atomic E-state index is 15.6. The second kappa shape index (κ2) is 9.98. The van der Waals surface area contributed by atoms with E-state index < -0.39 is 0 Å². The fourth-order valence-corrected chi connectivity index (χ4v) is 5.07. The Morgan fingerprint density at radius 3 is 2.46 bits per heavy atom. The van der Waals surface area contributed by atoms with E-state index in [9.17, 15) is 10.1 Å². The summed E-state index contributed by atoms with van der Waals surface area (Å²) in [6.07, 6.45) is 0. The van der Waals surface area contributed by atoms with Gasteiger partial charge in [-0.3, -0.25) is 4.79 Å². The molecule has 1 aliphatic heterocycles. The summed E-state index contributed by atoms with van der Waals surface area (Å²) < 4.78 is 21.2. The van der Waals surface area contributed by atoms with Crippen LogP contribution in [0.2, 0.25) is 0 Å². The van der Waals surface area contributed by atoms with Crippen molar-refractivity contribution in [2.75, 3.05) is 38.2 Å². The van der Waals surface area contributed by atoms with Crippen LogP contribution in [0.1, 0.15) is 42.8 Å². The molecule has 0 radical (unpaired) electrons. The van der Waals surface area contributed by atoms with Gasteiger partial charge < -0.3 is 19.5 Å². The number of methoxy groups -OCH3 is 1. The zero-order valence-corrected chi connectivity index (χ0v) is 21.2. The van der Waals surface area contributed by atoms with Gasteiger partial charge in [-0.05, 0) is 47.4 Å². The molecule has 6 nitrogen and oxygen atoms in total. The van der Waals surface area contributed by atoms with Crippen molar-refractivity contribution in [3.63, 3.8) is 0 Å². The summed E-state index contributed by atoms with van der Waals surface area (Å²) in [5.41, 5.74) is 4.45. The molecule has 0 bridgehead atoms. The third-order valence-corrected chi connectivity index (χ3v) is 7.06. The van der Waals surface area contributed by atoms with E-state index in [-0.39, 0.29) is 19.1 Å². The van der Waals surface area contributed by atoms with Crippen molar-refractivity contribution in [2.45, 2.75) is 19.8 Å². The van der Waals surface area contributed by atoms with Gasteiger partial charge in [-0.1, -0.05) is 44.2 Å². The Hall–Kier alpha value is -4.31. The number of benzene rings is 3. The van der Waals surface area contributed by atoms with Crippen LogP contribution in [0.15, 0.2) is 60.7 Å². The summed E-state index contributed by atoms with van der Waals surface area (Å²) in [4.78, 5) is 20.5. The number of rotatable bonds is 5. The molecule has 4 aromatic rings. The lowest BCUT2D eigenvalue weighted by Crippen LogP contribution is -2.49. The molecule has 1 aliphatic rings. The predicted octanol–water partition coefficient (Wildman–Crippen LogP) is 6.19. The van der Waals surface area contributed by atoms with Crippen LogP contribution in [0, 0.1) is 17.1 Å². The van der Waals surface area contributed by atoms with E-state index >= 15 is 4.39 Å². The fourth-order valence-electron chi connectivity index (χ4n) is 5.07. The Morgan fingerprint density at radius 2 is 1.76 bits per heavy atom. The van der Waals surface area contributed by atoms with Gasteiger partial charge in [0.2, 0.25) is 0 Å². The Morgan fingerprint density at radius 1 is 1.05 bits per heavy atom. The highest BCUT2D eigenvalue weighted by molar-refractivity contribution is 6.04. The Kier molecular flexibility index (Phi) is 6.58. The number of nitrogens with zero attached hydrogens (tertiary/aromatic N) is 3. The molecule has 1 N–H and O–H groups in total. The summed E-state index contributed by atoms with van der Waals surface area (Å²) in [5.74, 6) is 0.152. The predicted molar refractivity (Wildman–Crippen MR) is 146 cm³/mol. The second-order valence-electron chi connectivity index (χ2n) is 9.56. The number of nitrogens with one attached hydrogen (secondary N) is 1. The van der Waals surface area contributed by atoms with Gasteiger partial charge in [0.05, 0.1) is 23.9 Å². The molecule has 7 heteroatoms. The van der Waals surface area contributed by atoms with Crippen LogP contribution in [-0.4, -0.2) is 49.1 Å². The summed E-state index contributed by atoms with van der Waals surface area (Å²) in [6, 6.07) is 21.0. The minimum Gasteiger partial charge on any atom is -0.496 e. The average Bonchev–Trinajstić information content (AvgIpc) is 3.39. The molecule has 1 amide bonds. The molecule has 0 atom stereocenters. The number of amides is 1. The van der Waals surface area contributed by atoms with Gasteiger partial charge in [0.1, 0.15) is 17.5 Å². The number of ether oxygens (including phenoxy) is 1. The first-order chi connectivity index (χ1) is 17.9. The molecule has 0 spiro atoms. The first kappa shape index (κ1) is 24.4. The van der Waals surface area contributed by atoms with Crippen LogP contribution in [0.4, 0.5) is 10.1 Å². The van der Waals surface area contributed by atoms with Crippen molar-refractivity contribution in [3.05, 3.63) is 83.3 Å². The van der Waals surface area contributed by atoms with Gasteiger partial charge >= 0.3 is 0 Å². The maximum Gasteiger partial charge on any atom is 0.270 e. The topological polar surface area (TPSA) is 72.4 Å². The van der Waals surface area contributed by atoms with Crippen LogP contribution in [-0.2, 0) is 0 Å². The molecule has 37 heavy (non-hydrogen) atoms. The summed E-state index contributed by atoms with van der Waals surface area (Å²) >= 11 is 0. The lowest BCUT2D eigenvalue weighted by atomic mass is 9.93. The van der Waals surface area contributed by atoms with Gasteiger partial charge in [-0.2, -0.15) is 5.26 Å². The number of anilines is 1. The summed E-state index contributed by atoms with van der Waals surface area (Å²) in [5, 5.41) is 10.1. The number of aromatic amines is 1. The second-order valence-corrected chi connectivity index (χ2v) is 9.56. The van der Waals surface area contributed by atoms with E-state index in [1.54, 1.807) is 24.1 Å². The number of hydrogen-bond acceptors (Lipinski definition) is 4. The van der Waals surface area contributed by atoms with Gasteiger partial charge in [-0.15, -0.1) is 0 Å². The molecule has 1 saturated heterocycles. The van der Waals surface area contributed by atoms with Crippen molar-refractivity contribution >= 4 is 22.5 Å². The van der Waals surface area contributed by atoms with E-state index in [1.807, 2.05) is 62.4 Å². The lowest BCUT2D eigenvalue weighted by Gasteiger charge is -2.36. The number of nitriles is 1. The van der Waals surface area contributed by atoms with Crippen molar-refractivity contribution < 1.29 is 15.3 Å². The minimum atomic E-state index is -0.333. The molecule has 1 fully saturated rings. The normalized spacial score (nSPS) is 13.7. The number of para-hydroxylation sites is 2. The van der Waals surface area contributed by atoms with Crippen LogP contribution >= 0.6 is 0 Å². The standard InChI is InChI=1S/C30H29FN4O2.H2/c1-19(2)22-16-23(21-9-5-7-11-27(21)37-3)24-17-25(33-29(24)28(22)31)30(36)35-14-12-34(13-15-35)26-10-6-4-8-20(26)18-32;/h4-11,16-17,19,33H,12-15H2,1-3H3;1H. The number of fused-ring (bicyclic) bond motifs is 1. The molecular formula is C30H31FN4O2. The third-order valence-electron chi connectivity index (χ3n) is 7.06. The SMILES string of the molecule is COc1ccccc1-c1cc(C(C)C)c(F)c2[nH]c(C(=O)N3CCN(c4ccccc4C#N)CC3)cc12.[HH]. The van der Waals surface area contributed by atoms with E-state index in [2.05, 4.69) is 16.0 Å². The van der Waals surface area contributed by atoms with E-state index in [4.69, 9.17) is 4.74 Å². The van der Waals surface area contributed by atoms with Crippen LogP contribution in [0.3, 0.4) is 0 Å². The highest BCUT2D eigenvalue weighted by Crippen LogP contribution is 2.39. The Labute approximate surface area is 217 Å². The molecule has 5 rings (SSSR count). The number of carbonyl (C=O) groups excluding carboxylic acids is 1. The molecule has 2 heterocycles.